The molecule has 0 atom stereocenters. The Morgan fingerprint density at radius 1 is 1.73 bits per heavy atom. The van der Waals surface area contributed by atoms with Gasteiger partial charge in [-0.25, -0.2) is 4.98 Å². The van der Waals surface area contributed by atoms with E-state index in [2.05, 4.69) is 4.98 Å². The molecule has 0 unspecified atom stereocenters. The van der Waals surface area contributed by atoms with Crippen LogP contribution in [0.3, 0.4) is 0 Å². The van der Waals surface area contributed by atoms with Gasteiger partial charge in [0.1, 0.15) is 0 Å². The Kier molecular flexibility index (Phi) is 3.37. The summed E-state index contributed by atoms with van der Waals surface area (Å²) >= 11 is 5.59. The molecule has 1 rings (SSSR count). The summed E-state index contributed by atoms with van der Waals surface area (Å²) in [6, 6.07) is 1.80. The summed E-state index contributed by atoms with van der Waals surface area (Å²) in [6.45, 7) is 1.56. The molecule has 5 nitrogen and oxygen atoms in total. The normalized spacial score (nSPS) is 10.2. The third-order valence-electron chi connectivity index (χ3n) is 1.82. The molecule has 0 radical (unpaired) electrons. The predicted molar refractivity (Wildman–Crippen MR) is 55.3 cm³/mol. The number of nitriles is 1. The average molecular weight is 224 g/mol. The maximum absolute atomic E-state index is 10.7. The zero-order valence-electron chi connectivity index (χ0n) is 7.77. The Morgan fingerprint density at radius 3 is 2.93 bits per heavy atom. The molecule has 0 aliphatic heterocycles. The van der Waals surface area contributed by atoms with Gasteiger partial charge in [-0.05, 0) is 13.0 Å². The summed E-state index contributed by atoms with van der Waals surface area (Å²) < 4.78 is 0. The number of nitrogens with zero attached hydrogens (tertiary/aromatic N) is 3. The fourth-order valence-corrected chi connectivity index (χ4v) is 1.34. The lowest BCUT2D eigenvalue weighted by Gasteiger charge is -2.01. The van der Waals surface area contributed by atoms with Crippen LogP contribution in [-0.2, 0) is 0 Å². The Bertz CT molecular complexity index is 477. The van der Waals surface area contributed by atoms with Crippen LogP contribution >= 0.6 is 11.6 Å². The van der Waals surface area contributed by atoms with E-state index in [-0.39, 0.29) is 10.8 Å². The minimum atomic E-state index is -0.589. The van der Waals surface area contributed by atoms with Crippen LogP contribution in [0.2, 0.25) is 5.15 Å². The molecule has 76 valence electrons. The van der Waals surface area contributed by atoms with Gasteiger partial charge in [-0.15, -0.1) is 0 Å². The lowest BCUT2D eigenvalue weighted by atomic mass is 10.1. The molecule has 0 aliphatic carbocycles. The monoisotopic (exact) mass is 223 g/mol. The smallest absolute Gasteiger partial charge is 0.258 e. The van der Waals surface area contributed by atoms with Gasteiger partial charge in [0.05, 0.1) is 11.0 Å². The highest BCUT2D eigenvalue weighted by Crippen LogP contribution is 2.28. The van der Waals surface area contributed by atoms with Gasteiger partial charge in [0.2, 0.25) is 5.15 Å². The summed E-state index contributed by atoms with van der Waals surface area (Å²) in [6.07, 6.45) is 4.06. The maximum Gasteiger partial charge on any atom is 0.309 e. The Morgan fingerprint density at radius 2 is 2.40 bits per heavy atom. The lowest BCUT2D eigenvalue weighted by molar-refractivity contribution is -0.385. The third kappa shape index (κ3) is 2.30. The van der Waals surface area contributed by atoms with E-state index in [0.29, 0.717) is 11.1 Å². The van der Waals surface area contributed by atoms with Crippen molar-refractivity contribution in [2.24, 2.45) is 0 Å². The second kappa shape index (κ2) is 4.53. The number of rotatable bonds is 2. The minimum absolute atomic E-state index is 0.147. The van der Waals surface area contributed by atoms with Crippen molar-refractivity contribution in [3.63, 3.8) is 0 Å². The first-order chi connectivity index (χ1) is 7.07. The number of nitro groups is 1. The number of halogens is 1. The van der Waals surface area contributed by atoms with Gasteiger partial charge in [-0.2, -0.15) is 5.26 Å². The van der Waals surface area contributed by atoms with Crippen LogP contribution in [0.25, 0.3) is 6.08 Å². The molecular weight excluding hydrogens is 218 g/mol. The summed E-state index contributed by atoms with van der Waals surface area (Å²) in [4.78, 5) is 13.7. The van der Waals surface area contributed by atoms with Gasteiger partial charge >= 0.3 is 5.69 Å². The molecule has 0 bridgehead atoms. The van der Waals surface area contributed by atoms with Crippen molar-refractivity contribution < 1.29 is 4.92 Å². The van der Waals surface area contributed by atoms with Crippen molar-refractivity contribution in [1.82, 2.24) is 4.98 Å². The largest absolute Gasteiger partial charge is 0.309 e. The molecule has 1 aromatic rings. The molecule has 0 saturated carbocycles. The molecule has 0 aromatic carbocycles. The number of hydrogen-bond acceptors (Lipinski definition) is 4. The quantitative estimate of drug-likeness (QED) is 0.334. The summed E-state index contributed by atoms with van der Waals surface area (Å²) in [5.41, 5.74) is 0.677. The summed E-state index contributed by atoms with van der Waals surface area (Å²) in [7, 11) is 0. The first-order valence-electron chi connectivity index (χ1n) is 3.93. The number of pyridine rings is 1. The van der Waals surface area contributed by atoms with Crippen LogP contribution in [0, 0.1) is 28.4 Å². The molecule has 0 N–H and O–H groups in total. The molecule has 6 heteroatoms. The molecule has 0 fully saturated rings. The Labute approximate surface area is 90.8 Å². The van der Waals surface area contributed by atoms with Crippen LogP contribution in [0.4, 0.5) is 5.69 Å². The summed E-state index contributed by atoms with van der Waals surface area (Å²) in [5, 5.41) is 18.8. The van der Waals surface area contributed by atoms with Crippen molar-refractivity contribution in [2.75, 3.05) is 0 Å². The Hall–Kier alpha value is -1.93. The summed E-state index contributed by atoms with van der Waals surface area (Å²) in [5.74, 6) is 0. The SMILES string of the molecule is Cc1c(C=CC#N)cnc(Cl)c1[N+](=O)[O-]. The van der Waals surface area contributed by atoms with Crippen LogP contribution in [0.15, 0.2) is 12.3 Å². The van der Waals surface area contributed by atoms with E-state index >= 15 is 0 Å². The van der Waals surface area contributed by atoms with Gasteiger partial charge in [0.25, 0.3) is 0 Å². The number of hydrogen-bond donors (Lipinski definition) is 0. The van der Waals surface area contributed by atoms with Crippen LogP contribution in [-0.4, -0.2) is 9.91 Å². The van der Waals surface area contributed by atoms with E-state index in [1.165, 1.54) is 18.3 Å². The van der Waals surface area contributed by atoms with Crippen molar-refractivity contribution in [1.29, 1.82) is 5.26 Å². The Balaban J connectivity index is 3.36. The van der Waals surface area contributed by atoms with Crippen molar-refractivity contribution in [3.05, 3.63) is 38.7 Å². The molecule has 15 heavy (non-hydrogen) atoms. The molecule has 0 aliphatic rings. The molecule has 1 heterocycles. The highest BCUT2D eigenvalue weighted by atomic mass is 35.5. The fourth-order valence-electron chi connectivity index (χ4n) is 1.08. The molecule has 1 aromatic heterocycles. The van der Waals surface area contributed by atoms with Crippen molar-refractivity contribution >= 4 is 23.4 Å². The zero-order valence-corrected chi connectivity index (χ0v) is 8.52. The second-order valence-corrected chi connectivity index (χ2v) is 3.06. The van der Waals surface area contributed by atoms with Gasteiger partial charge in [0, 0.05) is 23.4 Å². The molecule has 0 saturated heterocycles. The molecular formula is C9H6ClN3O2. The average Bonchev–Trinajstić information content (AvgIpc) is 2.16. The topological polar surface area (TPSA) is 79.8 Å². The van der Waals surface area contributed by atoms with Crippen molar-refractivity contribution in [2.45, 2.75) is 6.92 Å². The van der Waals surface area contributed by atoms with Gasteiger partial charge in [-0.1, -0.05) is 11.6 Å². The van der Waals surface area contributed by atoms with E-state index in [1.807, 2.05) is 0 Å². The van der Waals surface area contributed by atoms with E-state index in [9.17, 15) is 10.1 Å². The van der Waals surface area contributed by atoms with Crippen molar-refractivity contribution in [3.8, 4) is 6.07 Å². The van der Waals surface area contributed by atoms with Crippen LogP contribution in [0.5, 0.6) is 0 Å². The first-order valence-corrected chi connectivity index (χ1v) is 4.31. The van der Waals surface area contributed by atoms with Crippen LogP contribution < -0.4 is 0 Å². The second-order valence-electron chi connectivity index (χ2n) is 2.70. The van der Waals surface area contributed by atoms with Crippen LogP contribution in [0.1, 0.15) is 11.1 Å². The van der Waals surface area contributed by atoms with E-state index in [4.69, 9.17) is 16.9 Å². The maximum atomic E-state index is 10.7. The standard InChI is InChI=1S/C9H6ClN3O2/c1-6-7(3-2-4-11)5-12-9(10)8(6)13(14)15/h2-3,5H,1H3. The minimum Gasteiger partial charge on any atom is -0.258 e. The van der Waals surface area contributed by atoms with E-state index in [0.717, 1.165) is 0 Å². The van der Waals surface area contributed by atoms with Gasteiger partial charge in [0.15, 0.2) is 0 Å². The van der Waals surface area contributed by atoms with Gasteiger partial charge < -0.3 is 0 Å². The lowest BCUT2D eigenvalue weighted by Crippen LogP contribution is -1.97. The molecule has 0 spiro atoms. The zero-order chi connectivity index (χ0) is 11.4. The van der Waals surface area contributed by atoms with Gasteiger partial charge in [-0.3, -0.25) is 10.1 Å². The first kappa shape index (κ1) is 11.1. The fraction of sp³-hybridized carbons (Fsp3) is 0.111. The highest BCUT2D eigenvalue weighted by molar-refractivity contribution is 6.31. The number of aromatic nitrogens is 1. The van der Waals surface area contributed by atoms with E-state index in [1.54, 1.807) is 13.0 Å². The van der Waals surface area contributed by atoms with E-state index < -0.39 is 4.92 Å². The molecule has 0 amide bonds. The third-order valence-corrected chi connectivity index (χ3v) is 2.10. The predicted octanol–water partition coefficient (Wildman–Crippen LogP) is 2.49. The highest BCUT2D eigenvalue weighted by Gasteiger charge is 2.19. The number of allylic oxidation sites excluding steroid dienone is 1.